The van der Waals surface area contributed by atoms with E-state index in [1.54, 1.807) is 24.3 Å². The fraction of sp³-hybridized carbons (Fsp3) is 0.344. The van der Waals surface area contributed by atoms with Crippen molar-refractivity contribution in [2.45, 2.75) is 40.0 Å². The fourth-order valence-corrected chi connectivity index (χ4v) is 4.77. The highest BCUT2D eigenvalue weighted by molar-refractivity contribution is 5.95. The third-order valence-corrected chi connectivity index (χ3v) is 7.27. The second kappa shape index (κ2) is 13.2. The van der Waals surface area contributed by atoms with E-state index in [0.717, 1.165) is 27.8 Å². The molecular formula is C32H37N3O5. The molecule has 0 aliphatic carbocycles. The van der Waals surface area contributed by atoms with Crippen molar-refractivity contribution in [2.75, 3.05) is 32.8 Å². The molecule has 3 N–H and O–H groups in total. The molecule has 0 saturated carbocycles. The van der Waals surface area contributed by atoms with Crippen LogP contribution in [0.15, 0.2) is 54.6 Å². The van der Waals surface area contributed by atoms with Gasteiger partial charge in [0.2, 0.25) is 5.91 Å². The highest BCUT2D eigenvalue weighted by Gasteiger charge is 2.19. The molecule has 0 atom stereocenters. The van der Waals surface area contributed by atoms with Crippen LogP contribution in [0, 0.1) is 20.8 Å². The number of nitrogens with one attached hydrogen (secondary N) is 2. The van der Waals surface area contributed by atoms with Crippen molar-refractivity contribution in [3.63, 3.8) is 0 Å². The van der Waals surface area contributed by atoms with Crippen LogP contribution in [-0.2, 0) is 16.0 Å². The lowest BCUT2D eigenvalue weighted by atomic mass is 9.98. The Kier molecular flexibility index (Phi) is 9.43. The lowest BCUT2D eigenvalue weighted by Gasteiger charge is -2.23. The predicted octanol–water partition coefficient (Wildman–Crippen LogP) is 4.07. The number of aromatic hydroxyl groups is 1. The van der Waals surface area contributed by atoms with E-state index < -0.39 is 0 Å². The van der Waals surface area contributed by atoms with Gasteiger partial charge in [-0.05, 0) is 92.1 Å². The van der Waals surface area contributed by atoms with Crippen LogP contribution in [-0.4, -0.2) is 60.5 Å². The maximum absolute atomic E-state index is 13.2. The van der Waals surface area contributed by atoms with Crippen molar-refractivity contribution >= 4 is 17.7 Å². The molecule has 3 aromatic carbocycles. The maximum atomic E-state index is 13.2. The first kappa shape index (κ1) is 28.7. The summed E-state index contributed by atoms with van der Waals surface area (Å²) in [5, 5.41) is 16.3. The molecule has 4 bridgehead atoms. The predicted molar refractivity (Wildman–Crippen MR) is 155 cm³/mol. The minimum absolute atomic E-state index is 0.0777. The molecule has 3 amide bonds. The van der Waals surface area contributed by atoms with Crippen LogP contribution in [0.5, 0.6) is 11.5 Å². The summed E-state index contributed by atoms with van der Waals surface area (Å²) < 4.78 is 5.93. The van der Waals surface area contributed by atoms with E-state index in [4.69, 9.17) is 4.74 Å². The molecule has 1 aliphatic rings. The van der Waals surface area contributed by atoms with E-state index in [1.165, 1.54) is 4.90 Å². The Bertz CT molecular complexity index is 1400. The summed E-state index contributed by atoms with van der Waals surface area (Å²) in [6.07, 6.45) is 1.79. The number of amides is 3. The van der Waals surface area contributed by atoms with Crippen LogP contribution in [0.2, 0.25) is 0 Å². The number of carbonyl (C=O) groups excluding carboxylic acids is 3. The Labute approximate surface area is 235 Å². The topological polar surface area (TPSA) is 108 Å². The third-order valence-electron chi connectivity index (χ3n) is 7.27. The van der Waals surface area contributed by atoms with Crippen LogP contribution in [0.1, 0.15) is 45.5 Å². The van der Waals surface area contributed by atoms with Gasteiger partial charge in [-0.3, -0.25) is 14.4 Å². The Hall–Kier alpha value is -4.33. The van der Waals surface area contributed by atoms with E-state index in [-0.39, 0.29) is 36.6 Å². The molecule has 0 radical (unpaired) electrons. The van der Waals surface area contributed by atoms with E-state index in [0.29, 0.717) is 55.8 Å². The molecule has 210 valence electrons. The zero-order valence-corrected chi connectivity index (χ0v) is 23.4. The Balaban J connectivity index is 1.48. The molecule has 1 aliphatic heterocycles. The number of ether oxygens (including phenoxy) is 1. The molecule has 8 nitrogen and oxygen atoms in total. The number of nitrogens with zero attached hydrogens (tertiary/aromatic N) is 1. The number of carbonyl (C=O) groups is 3. The number of phenols is 1. The molecule has 0 unspecified atom stereocenters. The minimum atomic E-state index is -0.270. The standard InChI is InChI=1S/C32H37N3O5/c1-21-9-10-22(2)31(23(21)3)40-20-30(38)35-16-5-4-14-34-32(39)26-8-6-7-25(18-26)27-17-24(11-12-28(27)36)13-15-33-29(37)19-35/h6-12,17-18,36H,4-5,13-16,19-20H2,1-3H3,(H,33,37)(H,34,39). The van der Waals surface area contributed by atoms with Crippen LogP contribution in [0.25, 0.3) is 11.1 Å². The molecule has 8 heteroatoms. The molecule has 0 saturated heterocycles. The first-order chi connectivity index (χ1) is 19.2. The van der Waals surface area contributed by atoms with Gasteiger partial charge in [0.15, 0.2) is 6.61 Å². The van der Waals surface area contributed by atoms with Crippen molar-refractivity contribution < 1.29 is 24.2 Å². The zero-order valence-electron chi connectivity index (χ0n) is 23.4. The van der Waals surface area contributed by atoms with Gasteiger partial charge in [-0.25, -0.2) is 0 Å². The van der Waals surface area contributed by atoms with Gasteiger partial charge < -0.3 is 25.4 Å². The summed E-state index contributed by atoms with van der Waals surface area (Å²) in [6, 6.07) is 16.4. The number of hydrogen-bond acceptors (Lipinski definition) is 5. The number of aryl methyl sites for hydroxylation is 2. The number of rotatable bonds is 3. The van der Waals surface area contributed by atoms with Crippen molar-refractivity contribution in [1.82, 2.24) is 15.5 Å². The first-order valence-corrected chi connectivity index (χ1v) is 13.7. The lowest BCUT2D eigenvalue weighted by Crippen LogP contribution is -2.43. The van der Waals surface area contributed by atoms with E-state index >= 15 is 0 Å². The summed E-state index contributed by atoms with van der Waals surface area (Å²) in [4.78, 5) is 40.3. The summed E-state index contributed by atoms with van der Waals surface area (Å²) in [5.74, 6) is 0.0842. The normalized spacial score (nSPS) is 14.9. The molecular weight excluding hydrogens is 506 g/mol. The van der Waals surface area contributed by atoms with Gasteiger partial charge in [0.25, 0.3) is 11.8 Å². The van der Waals surface area contributed by atoms with Crippen LogP contribution in [0.3, 0.4) is 0 Å². The third kappa shape index (κ3) is 7.20. The first-order valence-electron chi connectivity index (χ1n) is 13.7. The molecule has 0 spiro atoms. The second-order valence-corrected chi connectivity index (χ2v) is 10.3. The smallest absolute Gasteiger partial charge is 0.260 e. The van der Waals surface area contributed by atoms with Crippen molar-refractivity contribution in [3.8, 4) is 22.6 Å². The van der Waals surface area contributed by atoms with Gasteiger partial charge in [-0.15, -0.1) is 0 Å². The average molecular weight is 544 g/mol. The van der Waals surface area contributed by atoms with Gasteiger partial charge in [-0.2, -0.15) is 0 Å². The molecule has 4 rings (SSSR count). The Morgan fingerprint density at radius 3 is 2.52 bits per heavy atom. The quantitative estimate of drug-likeness (QED) is 0.462. The Morgan fingerprint density at radius 1 is 0.925 bits per heavy atom. The van der Waals surface area contributed by atoms with Gasteiger partial charge in [0, 0.05) is 30.8 Å². The molecule has 0 aromatic heterocycles. The fourth-order valence-electron chi connectivity index (χ4n) is 4.77. The van der Waals surface area contributed by atoms with Crippen LogP contribution < -0.4 is 15.4 Å². The van der Waals surface area contributed by atoms with Gasteiger partial charge >= 0.3 is 0 Å². The lowest BCUT2D eigenvalue weighted by molar-refractivity contribution is -0.137. The Morgan fingerprint density at radius 2 is 1.70 bits per heavy atom. The highest BCUT2D eigenvalue weighted by atomic mass is 16.5. The monoisotopic (exact) mass is 543 g/mol. The SMILES string of the molecule is Cc1ccc(C)c(OCC(=O)N2CCCCNC(=O)c3cccc(c3)-c3cc(ccc3O)CCNC(=O)C2)c1C. The summed E-state index contributed by atoms with van der Waals surface area (Å²) >= 11 is 0. The summed E-state index contributed by atoms with van der Waals surface area (Å²) in [5.41, 5.74) is 5.81. The van der Waals surface area contributed by atoms with Gasteiger partial charge in [-0.1, -0.05) is 30.3 Å². The van der Waals surface area contributed by atoms with E-state index in [2.05, 4.69) is 10.6 Å². The van der Waals surface area contributed by atoms with Crippen molar-refractivity contribution in [2.24, 2.45) is 0 Å². The number of phenolic OH excluding ortho intramolecular Hbond substituents is 1. The van der Waals surface area contributed by atoms with E-state index in [1.807, 2.05) is 51.1 Å². The molecule has 3 aromatic rings. The second-order valence-electron chi connectivity index (χ2n) is 10.3. The molecule has 1 heterocycles. The minimum Gasteiger partial charge on any atom is -0.507 e. The molecule has 0 fully saturated rings. The van der Waals surface area contributed by atoms with Gasteiger partial charge in [0.1, 0.15) is 11.5 Å². The van der Waals surface area contributed by atoms with Crippen LogP contribution >= 0.6 is 0 Å². The average Bonchev–Trinajstić information content (AvgIpc) is 2.94. The number of benzene rings is 3. The number of fused-ring (bicyclic) bond motifs is 5. The highest BCUT2D eigenvalue weighted by Crippen LogP contribution is 2.31. The van der Waals surface area contributed by atoms with Gasteiger partial charge in [0.05, 0.1) is 6.54 Å². The number of hydrogen-bond donors (Lipinski definition) is 3. The van der Waals surface area contributed by atoms with Crippen LogP contribution in [0.4, 0.5) is 0 Å². The molecule has 40 heavy (non-hydrogen) atoms. The largest absolute Gasteiger partial charge is 0.507 e. The summed E-state index contributed by atoms with van der Waals surface area (Å²) in [6.45, 7) is 6.84. The zero-order chi connectivity index (χ0) is 28.6. The maximum Gasteiger partial charge on any atom is 0.260 e. The van der Waals surface area contributed by atoms with Crippen molar-refractivity contribution in [3.05, 3.63) is 82.4 Å². The summed E-state index contributed by atoms with van der Waals surface area (Å²) in [7, 11) is 0. The van der Waals surface area contributed by atoms with Crippen molar-refractivity contribution in [1.29, 1.82) is 0 Å². The van der Waals surface area contributed by atoms with E-state index in [9.17, 15) is 19.5 Å².